The van der Waals surface area contributed by atoms with Crippen LogP contribution < -0.4 is 0 Å². The standard InChI is InChI=1S/C12H15BrClNO2/c1-2-15(7-3-6-14)12(17)10-8-9(13)4-5-11(10)16/h4-5,8,16H,2-3,6-7H2,1H3. The number of alkyl halides is 1. The monoisotopic (exact) mass is 319 g/mol. The summed E-state index contributed by atoms with van der Waals surface area (Å²) >= 11 is 8.90. The van der Waals surface area contributed by atoms with Crippen molar-refractivity contribution in [3.8, 4) is 5.75 Å². The number of carbonyl (C=O) groups excluding carboxylic acids is 1. The molecule has 0 aliphatic carbocycles. The number of phenols is 1. The molecule has 0 fully saturated rings. The van der Waals surface area contributed by atoms with E-state index in [2.05, 4.69) is 15.9 Å². The summed E-state index contributed by atoms with van der Waals surface area (Å²) in [6.45, 7) is 3.10. The van der Waals surface area contributed by atoms with Crippen molar-refractivity contribution in [3.63, 3.8) is 0 Å². The Hall–Kier alpha value is -0.740. The van der Waals surface area contributed by atoms with Crippen molar-refractivity contribution in [1.29, 1.82) is 0 Å². The zero-order chi connectivity index (χ0) is 12.8. The van der Waals surface area contributed by atoms with Gasteiger partial charge in [-0.1, -0.05) is 15.9 Å². The minimum absolute atomic E-state index is 0.00234. The third kappa shape index (κ3) is 3.89. The largest absolute Gasteiger partial charge is 0.507 e. The Kier molecular flexibility index (Phi) is 5.78. The molecule has 0 heterocycles. The Bertz CT molecular complexity index is 398. The number of hydrogen-bond donors (Lipinski definition) is 1. The molecule has 1 N–H and O–H groups in total. The normalized spacial score (nSPS) is 10.3. The number of carbonyl (C=O) groups is 1. The molecule has 17 heavy (non-hydrogen) atoms. The molecule has 1 aromatic rings. The zero-order valence-electron chi connectivity index (χ0n) is 9.62. The summed E-state index contributed by atoms with van der Waals surface area (Å²) in [5, 5.41) is 9.68. The maximum Gasteiger partial charge on any atom is 0.257 e. The van der Waals surface area contributed by atoms with Crippen LogP contribution in [0.2, 0.25) is 0 Å². The molecule has 0 bridgehead atoms. The van der Waals surface area contributed by atoms with Gasteiger partial charge >= 0.3 is 0 Å². The highest BCUT2D eigenvalue weighted by molar-refractivity contribution is 9.10. The molecule has 1 amide bonds. The van der Waals surface area contributed by atoms with Crippen molar-refractivity contribution < 1.29 is 9.90 Å². The quantitative estimate of drug-likeness (QED) is 0.846. The minimum Gasteiger partial charge on any atom is -0.507 e. The van der Waals surface area contributed by atoms with E-state index in [1.54, 1.807) is 17.0 Å². The number of aromatic hydroxyl groups is 1. The van der Waals surface area contributed by atoms with Gasteiger partial charge in [-0.05, 0) is 31.5 Å². The first-order chi connectivity index (χ1) is 8.10. The Morgan fingerprint density at radius 1 is 1.53 bits per heavy atom. The summed E-state index contributed by atoms with van der Waals surface area (Å²) in [5.41, 5.74) is 0.316. The number of phenolic OH excluding ortho intramolecular Hbond substituents is 1. The number of hydrogen-bond acceptors (Lipinski definition) is 2. The van der Waals surface area contributed by atoms with E-state index in [9.17, 15) is 9.90 Å². The van der Waals surface area contributed by atoms with Gasteiger partial charge in [-0.3, -0.25) is 4.79 Å². The third-order valence-electron chi connectivity index (χ3n) is 2.42. The summed E-state index contributed by atoms with van der Waals surface area (Å²) in [7, 11) is 0. The topological polar surface area (TPSA) is 40.5 Å². The number of amides is 1. The molecule has 0 atom stereocenters. The van der Waals surface area contributed by atoms with Crippen molar-refractivity contribution in [2.24, 2.45) is 0 Å². The van der Waals surface area contributed by atoms with E-state index < -0.39 is 0 Å². The van der Waals surface area contributed by atoms with E-state index in [-0.39, 0.29) is 11.7 Å². The first kappa shape index (κ1) is 14.3. The molecular formula is C12H15BrClNO2. The van der Waals surface area contributed by atoms with Gasteiger partial charge in [0.15, 0.2) is 0 Å². The van der Waals surface area contributed by atoms with Crippen molar-refractivity contribution in [3.05, 3.63) is 28.2 Å². The van der Waals surface area contributed by atoms with Crippen LogP contribution in [0.5, 0.6) is 5.75 Å². The Labute approximate surface area is 115 Å². The van der Waals surface area contributed by atoms with Gasteiger partial charge in [0.05, 0.1) is 5.56 Å². The van der Waals surface area contributed by atoms with E-state index in [1.807, 2.05) is 6.92 Å². The van der Waals surface area contributed by atoms with Gasteiger partial charge < -0.3 is 10.0 Å². The van der Waals surface area contributed by atoms with Crippen LogP contribution in [0.3, 0.4) is 0 Å². The highest BCUT2D eigenvalue weighted by atomic mass is 79.9. The second kappa shape index (κ2) is 6.87. The first-order valence-electron chi connectivity index (χ1n) is 5.44. The van der Waals surface area contributed by atoms with E-state index >= 15 is 0 Å². The van der Waals surface area contributed by atoms with Crippen LogP contribution in [0, 0.1) is 0 Å². The fraction of sp³-hybridized carbons (Fsp3) is 0.417. The van der Waals surface area contributed by atoms with Crippen molar-refractivity contribution in [2.75, 3.05) is 19.0 Å². The van der Waals surface area contributed by atoms with Gasteiger partial charge in [-0.2, -0.15) is 0 Å². The molecule has 5 heteroatoms. The van der Waals surface area contributed by atoms with Crippen LogP contribution in [0.15, 0.2) is 22.7 Å². The van der Waals surface area contributed by atoms with Crippen LogP contribution >= 0.6 is 27.5 Å². The maximum atomic E-state index is 12.2. The summed E-state index contributed by atoms with van der Waals surface area (Å²) in [5.74, 6) is 0.354. The smallest absolute Gasteiger partial charge is 0.257 e. The van der Waals surface area contributed by atoms with Crippen LogP contribution in [0.4, 0.5) is 0 Å². The SMILES string of the molecule is CCN(CCCCl)C(=O)c1cc(Br)ccc1O. The first-order valence-corrected chi connectivity index (χ1v) is 6.76. The van der Waals surface area contributed by atoms with Gasteiger partial charge in [-0.25, -0.2) is 0 Å². The lowest BCUT2D eigenvalue weighted by Gasteiger charge is -2.21. The van der Waals surface area contributed by atoms with Gasteiger partial charge in [0.1, 0.15) is 5.75 Å². The molecule has 0 aliphatic heterocycles. The molecule has 0 spiro atoms. The molecule has 0 radical (unpaired) electrons. The highest BCUT2D eigenvalue weighted by Gasteiger charge is 2.17. The number of halogens is 2. The van der Waals surface area contributed by atoms with Crippen LogP contribution in [-0.4, -0.2) is 34.9 Å². The second-order valence-corrected chi connectivity index (χ2v) is 4.88. The average Bonchev–Trinajstić information content (AvgIpc) is 2.33. The van der Waals surface area contributed by atoms with E-state index in [0.717, 1.165) is 10.9 Å². The second-order valence-electron chi connectivity index (χ2n) is 3.59. The predicted molar refractivity (Wildman–Crippen MR) is 72.7 cm³/mol. The summed E-state index contributed by atoms with van der Waals surface area (Å²) in [6.07, 6.45) is 0.746. The Morgan fingerprint density at radius 3 is 2.82 bits per heavy atom. The molecule has 0 aliphatic rings. The van der Waals surface area contributed by atoms with Gasteiger partial charge in [0, 0.05) is 23.4 Å². The van der Waals surface area contributed by atoms with Gasteiger partial charge in [0.2, 0.25) is 0 Å². The lowest BCUT2D eigenvalue weighted by Crippen LogP contribution is -2.32. The number of benzene rings is 1. The lowest BCUT2D eigenvalue weighted by atomic mass is 10.1. The molecule has 3 nitrogen and oxygen atoms in total. The van der Waals surface area contributed by atoms with E-state index in [1.165, 1.54) is 6.07 Å². The molecule has 1 aromatic carbocycles. The predicted octanol–water partition coefficient (Wildman–Crippen LogP) is 3.25. The Balaban J connectivity index is 2.89. The molecule has 0 saturated heterocycles. The number of nitrogens with zero attached hydrogens (tertiary/aromatic N) is 1. The van der Waals surface area contributed by atoms with Crippen LogP contribution in [-0.2, 0) is 0 Å². The van der Waals surface area contributed by atoms with E-state index in [4.69, 9.17) is 11.6 Å². The van der Waals surface area contributed by atoms with Gasteiger partial charge in [-0.15, -0.1) is 11.6 Å². The van der Waals surface area contributed by atoms with Crippen molar-refractivity contribution >= 4 is 33.4 Å². The van der Waals surface area contributed by atoms with Crippen molar-refractivity contribution in [1.82, 2.24) is 4.90 Å². The van der Waals surface area contributed by atoms with Gasteiger partial charge in [0.25, 0.3) is 5.91 Å². The molecular weight excluding hydrogens is 305 g/mol. The lowest BCUT2D eigenvalue weighted by molar-refractivity contribution is 0.0762. The summed E-state index contributed by atoms with van der Waals surface area (Å²) in [4.78, 5) is 13.8. The fourth-order valence-corrected chi connectivity index (χ4v) is 1.98. The fourth-order valence-electron chi connectivity index (χ4n) is 1.50. The van der Waals surface area contributed by atoms with E-state index in [0.29, 0.717) is 24.5 Å². The zero-order valence-corrected chi connectivity index (χ0v) is 12.0. The highest BCUT2D eigenvalue weighted by Crippen LogP contribution is 2.23. The Morgan fingerprint density at radius 2 is 2.24 bits per heavy atom. The van der Waals surface area contributed by atoms with Crippen LogP contribution in [0.1, 0.15) is 23.7 Å². The molecule has 0 unspecified atom stereocenters. The summed E-state index contributed by atoms with van der Waals surface area (Å²) < 4.78 is 0.770. The average molecular weight is 321 g/mol. The summed E-state index contributed by atoms with van der Waals surface area (Å²) in [6, 6.07) is 4.83. The molecule has 0 saturated carbocycles. The minimum atomic E-state index is -0.170. The number of rotatable bonds is 5. The van der Waals surface area contributed by atoms with Crippen LogP contribution in [0.25, 0.3) is 0 Å². The third-order valence-corrected chi connectivity index (χ3v) is 3.18. The maximum absolute atomic E-state index is 12.2. The van der Waals surface area contributed by atoms with Crippen molar-refractivity contribution in [2.45, 2.75) is 13.3 Å². The molecule has 94 valence electrons. The molecule has 1 rings (SSSR count). The molecule has 0 aromatic heterocycles.